The molecule has 118 valence electrons. The number of nitrogens with zero attached hydrogens (tertiary/aromatic N) is 2. The minimum atomic E-state index is -4.55. The highest BCUT2D eigenvalue weighted by Gasteiger charge is 2.35. The summed E-state index contributed by atoms with van der Waals surface area (Å²) in [5, 5.41) is 7.29. The number of para-hydroxylation sites is 1. The number of hydrogen-bond acceptors (Lipinski definition) is 5. The molecule has 22 heavy (non-hydrogen) atoms. The van der Waals surface area contributed by atoms with Crippen molar-refractivity contribution in [3.05, 3.63) is 35.3 Å². The van der Waals surface area contributed by atoms with E-state index in [0.29, 0.717) is 30.1 Å². The molecule has 1 aromatic heterocycles. The lowest BCUT2D eigenvalue weighted by atomic mass is 10.3. The van der Waals surface area contributed by atoms with Gasteiger partial charge in [0.25, 0.3) is 0 Å². The largest absolute Gasteiger partial charge is 0.494 e. The van der Waals surface area contributed by atoms with Crippen molar-refractivity contribution in [1.29, 1.82) is 0 Å². The number of aromatic nitrogens is 2. The van der Waals surface area contributed by atoms with Crippen LogP contribution in [-0.2, 0) is 11.0 Å². The number of nitrogens with one attached hydrogen (secondary N) is 1. The maximum Gasteiger partial charge on any atom is 0.445 e. The second-order valence-corrected chi connectivity index (χ2v) is 5.20. The highest BCUT2D eigenvalue weighted by Crippen LogP contribution is 2.32. The van der Waals surface area contributed by atoms with E-state index in [2.05, 4.69) is 15.5 Å². The predicted molar refractivity (Wildman–Crippen MR) is 74.7 cm³/mol. The van der Waals surface area contributed by atoms with Gasteiger partial charge in [-0.15, -0.1) is 10.2 Å². The van der Waals surface area contributed by atoms with Crippen molar-refractivity contribution >= 4 is 22.4 Å². The van der Waals surface area contributed by atoms with Crippen LogP contribution in [0.2, 0.25) is 0 Å². The highest BCUT2D eigenvalue weighted by molar-refractivity contribution is 7.15. The topological polar surface area (TPSA) is 64.1 Å². The van der Waals surface area contributed by atoms with Gasteiger partial charge in [-0.05, 0) is 18.6 Å². The Morgan fingerprint density at radius 1 is 1.23 bits per heavy atom. The molecule has 0 radical (unpaired) electrons. The number of anilines is 1. The van der Waals surface area contributed by atoms with Crippen molar-refractivity contribution in [2.45, 2.75) is 19.0 Å². The minimum absolute atomic E-state index is 0.119. The average molecular weight is 331 g/mol. The van der Waals surface area contributed by atoms with Crippen molar-refractivity contribution in [1.82, 2.24) is 10.2 Å². The van der Waals surface area contributed by atoms with Crippen LogP contribution >= 0.6 is 11.3 Å². The lowest BCUT2D eigenvalue weighted by molar-refractivity contribution is -0.138. The summed E-state index contributed by atoms with van der Waals surface area (Å²) in [5.74, 6) is 0.267. The van der Waals surface area contributed by atoms with E-state index in [9.17, 15) is 18.0 Å². The third-order valence-electron chi connectivity index (χ3n) is 2.47. The summed E-state index contributed by atoms with van der Waals surface area (Å²) in [6, 6.07) is 9.10. The quantitative estimate of drug-likeness (QED) is 0.825. The van der Waals surface area contributed by atoms with Crippen LogP contribution in [0.3, 0.4) is 0 Å². The Morgan fingerprint density at radius 3 is 2.59 bits per heavy atom. The van der Waals surface area contributed by atoms with Crippen molar-refractivity contribution < 1.29 is 22.7 Å². The van der Waals surface area contributed by atoms with Crippen LogP contribution in [-0.4, -0.2) is 22.7 Å². The van der Waals surface area contributed by atoms with Crippen molar-refractivity contribution in [3.63, 3.8) is 0 Å². The van der Waals surface area contributed by atoms with Gasteiger partial charge >= 0.3 is 6.18 Å². The summed E-state index contributed by atoms with van der Waals surface area (Å²) in [5.41, 5.74) is 0. The summed E-state index contributed by atoms with van der Waals surface area (Å²) in [4.78, 5) is 11.6. The fourth-order valence-electron chi connectivity index (χ4n) is 1.51. The number of hydrogen-bond donors (Lipinski definition) is 1. The summed E-state index contributed by atoms with van der Waals surface area (Å²) in [6.45, 7) is 0.335. The highest BCUT2D eigenvalue weighted by atomic mass is 32.1. The molecule has 2 rings (SSSR count). The van der Waals surface area contributed by atoms with Crippen LogP contribution in [0, 0.1) is 0 Å². The maximum atomic E-state index is 12.3. The van der Waals surface area contributed by atoms with Crippen molar-refractivity contribution in [2.24, 2.45) is 0 Å². The first-order valence-electron chi connectivity index (χ1n) is 6.33. The molecule has 0 aliphatic carbocycles. The van der Waals surface area contributed by atoms with Gasteiger partial charge in [0.15, 0.2) is 0 Å². The van der Waals surface area contributed by atoms with Gasteiger partial charge in [-0.3, -0.25) is 4.79 Å². The Balaban J connectivity index is 1.71. The summed E-state index contributed by atoms with van der Waals surface area (Å²) >= 11 is 0.294. The average Bonchev–Trinajstić information content (AvgIpc) is 2.93. The molecule has 1 heterocycles. The molecule has 0 fully saturated rings. The van der Waals surface area contributed by atoms with Gasteiger partial charge in [0.2, 0.25) is 16.0 Å². The van der Waals surface area contributed by atoms with E-state index < -0.39 is 17.1 Å². The number of carbonyl (C=O) groups is 1. The number of rotatable bonds is 6. The van der Waals surface area contributed by atoms with Crippen LogP contribution in [0.15, 0.2) is 30.3 Å². The number of halogens is 3. The molecule has 1 N–H and O–H groups in total. The van der Waals surface area contributed by atoms with Gasteiger partial charge in [-0.25, -0.2) is 0 Å². The smallest absolute Gasteiger partial charge is 0.445 e. The number of amides is 1. The Labute approximate surface area is 128 Å². The van der Waals surface area contributed by atoms with E-state index in [1.165, 1.54) is 0 Å². The Kier molecular flexibility index (Phi) is 5.31. The van der Waals surface area contributed by atoms with Gasteiger partial charge in [0.05, 0.1) is 6.61 Å². The zero-order valence-electron chi connectivity index (χ0n) is 11.3. The monoisotopic (exact) mass is 331 g/mol. The normalized spacial score (nSPS) is 11.2. The second kappa shape index (κ2) is 7.21. The zero-order chi connectivity index (χ0) is 16.0. The molecule has 2 aromatic rings. The van der Waals surface area contributed by atoms with Crippen molar-refractivity contribution in [2.75, 3.05) is 11.9 Å². The SMILES string of the molecule is O=C(CCCOc1ccccc1)Nc1nnc(C(F)(F)F)s1. The predicted octanol–water partition coefficient (Wildman–Crippen LogP) is 3.35. The van der Waals surface area contributed by atoms with E-state index in [1.54, 1.807) is 12.1 Å². The van der Waals surface area contributed by atoms with Crippen LogP contribution in [0.25, 0.3) is 0 Å². The Bertz CT molecular complexity index is 616. The van der Waals surface area contributed by atoms with Gasteiger partial charge in [0.1, 0.15) is 5.75 Å². The van der Waals surface area contributed by atoms with E-state index in [0.717, 1.165) is 0 Å². The molecule has 5 nitrogen and oxygen atoms in total. The van der Waals surface area contributed by atoms with E-state index >= 15 is 0 Å². The molecule has 0 aliphatic rings. The summed E-state index contributed by atoms with van der Waals surface area (Å²) in [7, 11) is 0. The molecule has 0 unspecified atom stereocenters. The van der Waals surface area contributed by atoms with Crippen LogP contribution in [0.4, 0.5) is 18.3 Å². The lowest BCUT2D eigenvalue weighted by Crippen LogP contribution is -2.12. The Hall–Kier alpha value is -2.16. The van der Waals surface area contributed by atoms with Crippen LogP contribution in [0.5, 0.6) is 5.75 Å². The standard InChI is InChI=1S/C13H12F3N3O2S/c14-13(15,16)11-18-19-12(22-11)17-10(20)7-4-8-21-9-5-2-1-3-6-9/h1-3,5-6H,4,7-8H2,(H,17,19,20). The fourth-order valence-corrected chi connectivity index (χ4v) is 2.14. The van der Waals surface area contributed by atoms with Crippen LogP contribution < -0.4 is 10.1 Å². The molecule has 0 saturated heterocycles. The van der Waals surface area contributed by atoms with Gasteiger partial charge in [0, 0.05) is 6.42 Å². The van der Waals surface area contributed by atoms with Gasteiger partial charge in [-0.1, -0.05) is 29.5 Å². The lowest BCUT2D eigenvalue weighted by Gasteiger charge is -2.05. The molecule has 1 amide bonds. The number of alkyl halides is 3. The van der Waals surface area contributed by atoms with Crippen molar-refractivity contribution in [3.8, 4) is 5.75 Å². The number of carbonyl (C=O) groups excluding carboxylic acids is 1. The van der Waals surface area contributed by atoms with E-state index in [4.69, 9.17) is 4.74 Å². The first kappa shape index (κ1) is 16.2. The zero-order valence-corrected chi connectivity index (χ0v) is 12.1. The second-order valence-electron chi connectivity index (χ2n) is 4.22. The molecular formula is C13H12F3N3O2S. The number of benzene rings is 1. The molecule has 0 aliphatic heterocycles. The van der Waals surface area contributed by atoms with E-state index in [-0.39, 0.29) is 11.6 Å². The van der Waals surface area contributed by atoms with Gasteiger partial charge < -0.3 is 10.1 Å². The molecule has 0 bridgehead atoms. The van der Waals surface area contributed by atoms with Gasteiger partial charge in [-0.2, -0.15) is 13.2 Å². The maximum absolute atomic E-state index is 12.3. The Morgan fingerprint density at radius 2 is 1.95 bits per heavy atom. The summed E-state index contributed by atoms with van der Waals surface area (Å²) in [6.07, 6.45) is -4.00. The minimum Gasteiger partial charge on any atom is -0.494 e. The number of ether oxygens (including phenoxy) is 1. The molecule has 1 aromatic carbocycles. The third kappa shape index (κ3) is 4.99. The first-order valence-corrected chi connectivity index (χ1v) is 7.15. The molecule has 9 heteroatoms. The molecule has 0 atom stereocenters. The molecule has 0 saturated carbocycles. The van der Waals surface area contributed by atoms with E-state index in [1.807, 2.05) is 18.2 Å². The molecular weight excluding hydrogens is 319 g/mol. The van der Waals surface area contributed by atoms with Crippen LogP contribution in [0.1, 0.15) is 17.8 Å². The molecule has 0 spiro atoms. The first-order chi connectivity index (χ1) is 10.4. The third-order valence-corrected chi connectivity index (χ3v) is 3.36. The summed E-state index contributed by atoms with van der Waals surface area (Å²) < 4.78 is 42.4. The fraction of sp³-hybridized carbons (Fsp3) is 0.308.